The Bertz CT molecular complexity index is 557. The van der Waals surface area contributed by atoms with Gasteiger partial charge in [-0.2, -0.15) is 5.26 Å². The second kappa shape index (κ2) is 6.93. The van der Waals surface area contributed by atoms with Crippen LogP contribution in [0.25, 0.3) is 0 Å². The Kier molecular flexibility index (Phi) is 5.22. The van der Waals surface area contributed by atoms with Crippen molar-refractivity contribution < 1.29 is 4.79 Å². The first kappa shape index (κ1) is 15.8. The number of rotatable bonds is 3. The van der Waals surface area contributed by atoms with Gasteiger partial charge >= 0.3 is 0 Å². The van der Waals surface area contributed by atoms with Crippen molar-refractivity contribution in [2.75, 3.05) is 25.0 Å². The highest BCUT2D eigenvalue weighted by molar-refractivity contribution is 6.31. The predicted molar refractivity (Wildman–Crippen MR) is 84.2 cm³/mol. The molecule has 1 aliphatic heterocycles. The quantitative estimate of drug-likeness (QED) is 0.933. The molecule has 0 aliphatic carbocycles. The van der Waals surface area contributed by atoms with Gasteiger partial charge in [-0.3, -0.25) is 9.69 Å². The topological polar surface area (TPSA) is 56.1 Å². The lowest BCUT2D eigenvalue weighted by molar-refractivity contribution is -0.117. The largest absolute Gasteiger partial charge is 0.324 e. The minimum absolute atomic E-state index is 0.102. The third kappa shape index (κ3) is 4.45. The second-order valence-electron chi connectivity index (χ2n) is 5.99. The number of hydrogen-bond acceptors (Lipinski definition) is 3. The van der Waals surface area contributed by atoms with E-state index in [2.05, 4.69) is 30.1 Å². The molecule has 0 aromatic heterocycles. The second-order valence-corrected chi connectivity index (χ2v) is 6.43. The molecule has 0 radical (unpaired) electrons. The number of amides is 1. The van der Waals surface area contributed by atoms with Gasteiger partial charge < -0.3 is 5.32 Å². The van der Waals surface area contributed by atoms with Gasteiger partial charge in [-0.1, -0.05) is 25.4 Å². The number of nitrogens with zero attached hydrogens (tertiary/aromatic N) is 2. The number of likely N-dealkylation sites (tertiary alicyclic amines) is 1. The van der Waals surface area contributed by atoms with Crippen molar-refractivity contribution in [1.82, 2.24) is 4.90 Å². The molecule has 0 unspecified atom stereocenters. The number of anilines is 1. The summed E-state index contributed by atoms with van der Waals surface area (Å²) in [6, 6.07) is 6.93. The van der Waals surface area contributed by atoms with Crippen LogP contribution in [-0.4, -0.2) is 30.4 Å². The van der Waals surface area contributed by atoms with Crippen molar-refractivity contribution in [3.8, 4) is 6.07 Å². The number of hydrogen-bond donors (Lipinski definition) is 1. The third-order valence-electron chi connectivity index (χ3n) is 3.69. The number of carbonyl (C=O) groups is 1. The molecule has 1 aliphatic rings. The van der Waals surface area contributed by atoms with Crippen LogP contribution < -0.4 is 5.32 Å². The molecule has 1 N–H and O–H groups in total. The van der Waals surface area contributed by atoms with E-state index in [0.717, 1.165) is 13.1 Å². The molecule has 0 saturated carbocycles. The van der Waals surface area contributed by atoms with E-state index in [-0.39, 0.29) is 5.91 Å². The Morgan fingerprint density at radius 1 is 1.43 bits per heavy atom. The van der Waals surface area contributed by atoms with E-state index in [1.807, 2.05) is 0 Å². The number of nitriles is 1. The lowest BCUT2D eigenvalue weighted by atomic mass is 9.92. The van der Waals surface area contributed by atoms with E-state index < -0.39 is 0 Å². The SMILES string of the molecule is C[C@@H]1C[C@H](C)CN(CC(=O)Nc2cc(Cl)ccc2C#N)C1. The van der Waals surface area contributed by atoms with E-state index in [1.165, 1.54) is 6.42 Å². The maximum absolute atomic E-state index is 12.2. The first-order valence-electron chi connectivity index (χ1n) is 7.19. The van der Waals surface area contributed by atoms with E-state index in [4.69, 9.17) is 16.9 Å². The minimum atomic E-state index is -0.102. The van der Waals surface area contributed by atoms with Gasteiger partial charge in [-0.15, -0.1) is 0 Å². The van der Waals surface area contributed by atoms with Crippen molar-refractivity contribution in [1.29, 1.82) is 5.26 Å². The summed E-state index contributed by atoms with van der Waals surface area (Å²) < 4.78 is 0. The van der Waals surface area contributed by atoms with E-state index in [0.29, 0.717) is 34.7 Å². The molecule has 0 spiro atoms. The lowest BCUT2D eigenvalue weighted by Crippen LogP contribution is -2.42. The summed E-state index contributed by atoms with van der Waals surface area (Å²) in [5.74, 6) is 1.12. The van der Waals surface area contributed by atoms with Crippen LogP contribution in [-0.2, 0) is 4.79 Å². The summed E-state index contributed by atoms with van der Waals surface area (Å²) in [6.07, 6.45) is 1.21. The number of nitrogens with one attached hydrogen (secondary N) is 1. The Labute approximate surface area is 130 Å². The molecule has 0 bridgehead atoms. The fourth-order valence-electron chi connectivity index (χ4n) is 3.03. The molecule has 21 heavy (non-hydrogen) atoms. The molecule has 2 rings (SSSR count). The van der Waals surface area contributed by atoms with Gasteiger partial charge in [-0.25, -0.2) is 0 Å². The first-order valence-corrected chi connectivity index (χ1v) is 7.57. The lowest BCUT2D eigenvalue weighted by Gasteiger charge is -2.34. The van der Waals surface area contributed by atoms with Crippen molar-refractivity contribution >= 4 is 23.2 Å². The highest BCUT2D eigenvalue weighted by atomic mass is 35.5. The molecule has 1 aromatic rings. The zero-order valence-corrected chi connectivity index (χ0v) is 13.2. The number of benzene rings is 1. The van der Waals surface area contributed by atoms with E-state index >= 15 is 0 Å². The monoisotopic (exact) mass is 305 g/mol. The molecule has 4 nitrogen and oxygen atoms in total. The van der Waals surface area contributed by atoms with Crippen LogP contribution in [0, 0.1) is 23.2 Å². The summed E-state index contributed by atoms with van der Waals surface area (Å²) in [4.78, 5) is 14.3. The van der Waals surface area contributed by atoms with Crippen molar-refractivity contribution in [3.63, 3.8) is 0 Å². The van der Waals surface area contributed by atoms with E-state index in [1.54, 1.807) is 18.2 Å². The molecule has 5 heteroatoms. The summed E-state index contributed by atoms with van der Waals surface area (Å²) in [5.41, 5.74) is 0.904. The number of carbonyl (C=O) groups excluding carboxylic acids is 1. The molecule has 1 fully saturated rings. The van der Waals surface area contributed by atoms with Gasteiger partial charge in [-0.05, 0) is 36.5 Å². The summed E-state index contributed by atoms with van der Waals surface area (Å²) in [7, 11) is 0. The average Bonchev–Trinajstić information content (AvgIpc) is 2.37. The predicted octanol–water partition coefficient (Wildman–Crippen LogP) is 3.13. The number of halogens is 1. The minimum Gasteiger partial charge on any atom is -0.324 e. The summed E-state index contributed by atoms with van der Waals surface area (Å²) >= 11 is 5.92. The van der Waals surface area contributed by atoms with Gasteiger partial charge in [0, 0.05) is 18.1 Å². The van der Waals surface area contributed by atoms with Gasteiger partial charge in [0.25, 0.3) is 0 Å². The normalized spacial score (nSPS) is 22.6. The fourth-order valence-corrected chi connectivity index (χ4v) is 3.20. The van der Waals surface area contributed by atoms with E-state index in [9.17, 15) is 4.79 Å². The molecule has 1 saturated heterocycles. The molecular formula is C16H20ClN3O. The van der Waals surface area contributed by atoms with Crippen LogP contribution in [0.5, 0.6) is 0 Å². The Hall–Kier alpha value is -1.57. The smallest absolute Gasteiger partial charge is 0.238 e. The first-order chi connectivity index (χ1) is 9.97. The Balaban J connectivity index is 1.99. The van der Waals surface area contributed by atoms with Gasteiger partial charge in [0.15, 0.2) is 0 Å². The van der Waals surface area contributed by atoms with Crippen LogP contribution in [0.2, 0.25) is 5.02 Å². The molecule has 1 heterocycles. The molecule has 1 amide bonds. The summed E-state index contributed by atoms with van der Waals surface area (Å²) in [6.45, 7) is 6.67. The standard InChI is InChI=1S/C16H20ClN3O/c1-11-5-12(2)9-20(8-11)10-16(21)19-15-6-14(17)4-3-13(15)7-18/h3-4,6,11-12H,5,8-10H2,1-2H3,(H,19,21)/t11-,12+. The zero-order valence-electron chi connectivity index (χ0n) is 12.4. The maximum Gasteiger partial charge on any atom is 0.238 e. The fraction of sp³-hybridized carbons (Fsp3) is 0.500. The van der Waals surface area contributed by atoms with Crippen LogP contribution >= 0.6 is 11.6 Å². The van der Waals surface area contributed by atoms with Gasteiger partial charge in [0.05, 0.1) is 17.8 Å². The van der Waals surface area contributed by atoms with Crippen LogP contribution in [0.4, 0.5) is 5.69 Å². The molecule has 112 valence electrons. The highest BCUT2D eigenvalue weighted by Gasteiger charge is 2.23. The molecular weight excluding hydrogens is 286 g/mol. The average molecular weight is 306 g/mol. The third-order valence-corrected chi connectivity index (χ3v) is 3.92. The van der Waals surface area contributed by atoms with Gasteiger partial charge in [0.1, 0.15) is 6.07 Å². The maximum atomic E-state index is 12.2. The van der Waals surface area contributed by atoms with Gasteiger partial charge in [0.2, 0.25) is 5.91 Å². The summed E-state index contributed by atoms with van der Waals surface area (Å²) in [5, 5.41) is 12.4. The Morgan fingerprint density at radius 2 is 2.10 bits per heavy atom. The van der Waals surface area contributed by atoms with Crippen molar-refractivity contribution in [2.45, 2.75) is 20.3 Å². The molecule has 2 atom stereocenters. The zero-order chi connectivity index (χ0) is 15.4. The van der Waals surface area contributed by atoms with Crippen molar-refractivity contribution in [2.24, 2.45) is 11.8 Å². The Morgan fingerprint density at radius 3 is 2.71 bits per heavy atom. The van der Waals surface area contributed by atoms with Crippen LogP contribution in [0.3, 0.4) is 0 Å². The highest BCUT2D eigenvalue weighted by Crippen LogP contribution is 2.22. The van der Waals surface area contributed by atoms with Crippen LogP contribution in [0.15, 0.2) is 18.2 Å². The van der Waals surface area contributed by atoms with Crippen LogP contribution in [0.1, 0.15) is 25.8 Å². The van der Waals surface area contributed by atoms with Crippen molar-refractivity contribution in [3.05, 3.63) is 28.8 Å². The number of piperidine rings is 1. The molecule has 1 aromatic carbocycles.